The fraction of sp³-hybridized carbons (Fsp3) is 0.692. The van der Waals surface area contributed by atoms with Crippen LogP contribution in [-0.4, -0.2) is 10.8 Å². The van der Waals surface area contributed by atoms with E-state index in [1.807, 2.05) is 12.3 Å². The van der Waals surface area contributed by atoms with Gasteiger partial charge >= 0.3 is 0 Å². The van der Waals surface area contributed by atoms with Gasteiger partial charge in [0.05, 0.1) is 10.7 Å². The summed E-state index contributed by atoms with van der Waals surface area (Å²) in [7, 11) is 0. The Morgan fingerprint density at radius 3 is 2.62 bits per heavy atom. The highest BCUT2D eigenvalue weighted by molar-refractivity contribution is 7.09. The molecule has 0 atom stereocenters. The summed E-state index contributed by atoms with van der Waals surface area (Å²) in [6, 6.07) is 0. The van der Waals surface area contributed by atoms with Gasteiger partial charge in [0, 0.05) is 17.7 Å². The lowest BCUT2D eigenvalue weighted by atomic mass is 9.93. The van der Waals surface area contributed by atoms with Crippen LogP contribution in [0, 0.1) is 12.8 Å². The van der Waals surface area contributed by atoms with Gasteiger partial charge in [0.1, 0.15) is 5.78 Å². The molecule has 16 heavy (non-hydrogen) atoms. The molecule has 0 radical (unpaired) electrons. The molecule has 0 amide bonds. The predicted octanol–water partition coefficient (Wildman–Crippen LogP) is 3.53. The largest absolute Gasteiger partial charge is 0.299 e. The van der Waals surface area contributed by atoms with Gasteiger partial charge in [0.15, 0.2) is 0 Å². The van der Waals surface area contributed by atoms with Gasteiger partial charge in [-0.3, -0.25) is 4.79 Å². The molecule has 1 heterocycles. The smallest absolute Gasteiger partial charge is 0.141 e. The van der Waals surface area contributed by atoms with Crippen molar-refractivity contribution < 1.29 is 4.79 Å². The van der Waals surface area contributed by atoms with Crippen LogP contribution in [0.5, 0.6) is 0 Å². The van der Waals surface area contributed by atoms with Crippen LogP contribution in [0.25, 0.3) is 0 Å². The number of carbonyl (C=O) groups is 1. The molecule has 1 aliphatic carbocycles. The molecule has 0 aromatic carbocycles. The zero-order valence-electron chi connectivity index (χ0n) is 9.87. The lowest BCUT2D eigenvalue weighted by Crippen LogP contribution is -2.16. The average Bonchev–Trinajstić information content (AvgIpc) is 2.56. The van der Waals surface area contributed by atoms with Crippen molar-refractivity contribution in [3.63, 3.8) is 0 Å². The minimum absolute atomic E-state index is 0.310. The van der Waals surface area contributed by atoms with Crippen molar-refractivity contribution in [2.45, 2.75) is 51.9 Å². The summed E-state index contributed by atoms with van der Waals surface area (Å²) in [6.07, 6.45) is 7.82. The number of ketones is 1. The van der Waals surface area contributed by atoms with E-state index in [0.29, 0.717) is 18.1 Å². The van der Waals surface area contributed by atoms with Gasteiger partial charge in [0.25, 0.3) is 0 Å². The van der Waals surface area contributed by atoms with E-state index in [4.69, 9.17) is 0 Å². The summed E-state index contributed by atoms with van der Waals surface area (Å²) in [4.78, 5) is 16.5. The van der Waals surface area contributed by atoms with Gasteiger partial charge < -0.3 is 0 Å². The van der Waals surface area contributed by atoms with E-state index in [2.05, 4.69) is 4.98 Å². The predicted molar refractivity (Wildman–Crippen MR) is 66.8 cm³/mol. The van der Waals surface area contributed by atoms with Gasteiger partial charge in [-0.25, -0.2) is 4.98 Å². The quantitative estimate of drug-likeness (QED) is 0.753. The topological polar surface area (TPSA) is 30.0 Å². The SMILES string of the molecule is Cc1nc(CC(=O)C2CCCCCC2)cs1. The molecule has 2 nitrogen and oxygen atoms in total. The highest BCUT2D eigenvalue weighted by Gasteiger charge is 2.20. The Hall–Kier alpha value is -0.700. The molecular weight excluding hydrogens is 218 g/mol. The third-order valence-electron chi connectivity index (χ3n) is 3.33. The first kappa shape index (κ1) is 11.8. The van der Waals surface area contributed by atoms with E-state index < -0.39 is 0 Å². The second kappa shape index (κ2) is 5.58. The molecule has 0 unspecified atom stereocenters. The maximum atomic E-state index is 12.1. The summed E-state index contributed by atoms with van der Waals surface area (Å²) in [5.41, 5.74) is 0.969. The van der Waals surface area contributed by atoms with E-state index in [-0.39, 0.29) is 0 Å². The number of hydrogen-bond acceptors (Lipinski definition) is 3. The Labute approximate surface area is 101 Å². The van der Waals surface area contributed by atoms with Crippen LogP contribution in [0.2, 0.25) is 0 Å². The maximum Gasteiger partial charge on any atom is 0.141 e. The maximum absolute atomic E-state index is 12.1. The second-order valence-corrected chi connectivity index (χ2v) is 5.75. The molecule has 0 bridgehead atoms. The number of Topliss-reactive ketones (excluding diaryl/α,β-unsaturated/α-hetero) is 1. The van der Waals surface area contributed by atoms with Crippen molar-refractivity contribution in [2.75, 3.05) is 0 Å². The van der Waals surface area contributed by atoms with Crippen LogP contribution in [-0.2, 0) is 11.2 Å². The first-order valence-electron chi connectivity index (χ1n) is 6.19. The first-order chi connectivity index (χ1) is 7.75. The summed E-state index contributed by atoms with van der Waals surface area (Å²) in [6.45, 7) is 1.99. The molecule has 1 fully saturated rings. The van der Waals surface area contributed by atoms with E-state index in [1.165, 1.54) is 25.7 Å². The van der Waals surface area contributed by atoms with Crippen molar-refractivity contribution >= 4 is 17.1 Å². The van der Waals surface area contributed by atoms with Gasteiger partial charge in [-0.05, 0) is 19.8 Å². The van der Waals surface area contributed by atoms with Crippen molar-refractivity contribution in [1.82, 2.24) is 4.98 Å². The third-order valence-corrected chi connectivity index (χ3v) is 4.15. The van der Waals surface area contributed by atoms with Crippen molar-refractivity contribution in [2.24, 2.45) is 5.92 Å². The molecule has 0 N–H and O–H groups in total. The Kier molecular flexibility index (Phi) is 4.10. The molecule has 0 aliphatic heterocycles. The van der Waals surface area contributed by atoms with Crippen LogP contribution < -0.4 is 0 Å². The first-order valence-corrected chi connectivity index (χ1v) is 7.07. The van der Waals surface area contributed by atoms with E-state index in [1.54, 1.807) is 11.3 Å². The van der Waals surface area contributed by atoms with Crippen molar-refractivity contribution in [3.05, 3.63) is 16.1 Å². The van der Waals surface area contributed by atoms with Gasteiger partial charge in [-0.15, -0.1) is 11.3 Å². The molecule has 3 heteroatoms. The molecule has 1 aromatic rings. The number of nitrogens with zero attached hydrogens (tertiary/aromatic N) is 1. The van der Waals surface area contributed by atoms with E-state index in [0.717, 1.165) is 23.5 Å². The average molecular weight is 237 g/mol. The number of thiazole rings is 1. The molecule has 0 saturated heterocycles. The Balaban J connectivity index is 1.91. The van der Waals surface area contributed by atoms with Crippen molar-refractivity contribution in [3.8, 4) is 0 Å². The number of aryl methyl sites for hydroxylation is 1. The Morgan fingerprint density at radius 1 is 1.38 bits per heavy atom. The highest BCUT2D eigenvalue weighted by Crippen LogP contribution is 2.24. The number of hydrogen-bond donors (Lipinski definition) is 0. The zero-order chi connectivity index (χ0) is 11.4. The highest BCUT2D eigenvalue weighted by atomic mass is 32.1. The normalized spacial score (nSPS) is 18.3. The van der Waals surface area contributed by atoms with Crippen molar-refractivity contribution in [1.29, 1.82) is 0 Å². The Morgan fingerprint density at radius 2 is 2.06 bits per heavy atom. The summed E-state index contributed by atoms with van der Waals surface area (Å²) < 4.78 is 0. The lowest BCUT2D eigenvalue weighted by Gasteiger charge is -2.11. The molecule has 1 saturated carbocycles. The molecule has 88 valence electrons. The zero-order valence-corrected chi connectivity index (χ0v) is 10.7. The van der Waals surface area contributed by atoms with Crippen LogP contribution in [0.4, 0.5) is 0 Å². The van der Waals surface area contributed by atoms with E-state index >= 15 is 0 Å². The Bertz CT molecular complexity index is 351. The summed E-state index contributed by atoms with van der Waals surface area (Å²) in [5, 5.41) is 3.08. The summed E-state index contributed by atoms with van der Waals surface area (Å²) in [5.74, 6) is 0.719. The second-order valence-electron chi connectivity index (χ2n) is 4.69. The molecule has 1 aliphatic rings. The molecular formula is C13H19NOS. The standard InChI is InChI=1S/C13H19NOS/c1-10-14-12(9-16-10)8-13(15)11-6-4-2-3-5-7-11/h9,11H,2-8H2,1H3. The minimum Gasteiger partial charge on any atom is -0.299 e. The van der Waals surface area contributed by atoms with E-state index in [9.17, 15) is 4.79 Å². The van der Waals surface area contributed by atoms with Crippen LogP contribution >= 0.6 is 11.3 Å². The van der Waals surface area contributed by atoms with Gasteiger partial charge in [-0.2, -0.15) is 0 Å². The van der Waals surface area contributed by atoms with Crippen LogP contribution in [0.15, 0.2) is 5.38 Å². The van der Waals surface area contributed by atoms with Gasteiger partial charge in [0.2, 0.25) is 0 Å². The minimum atomic E-state index is 0.310. The summed E-state index contributed by atoms with van der Waals surface area (Å²) >= 11 is 1.63. The van der Waals surface area contributed by atoms with Gasteiger partial charge in [-0.1, -0.05) is 25.7 Å². The fourth-order valence-corrected chi connectivity index (χ4v) is 3.03. The monoisotopic (exact) mass is 237 g/mol. The number of rotatable bonds is 3. The third kappa shape index (κ3) is 3.14. The molecule has 1 aromatic heterocycles. The number of aromatic nitrogens is 1. The molecule has 2 rings (SSSR count). The fourth-order valence-electron chi connectivity index (χ4n) is 2.41. The number of carbonyl (C=O) groups excluding carboxylic acids is 1. The van der Waals surface area contributed by atoms with Crippen LogP contribution in [0.1, 0.15) is 49.2 Å². The molecule has 0 spiro atoms. The van der Waals surface area contributed by atoms with Crippen LogP contribution in [0.3, 0.4) is 0 Å². The lowest BCUT2D eigenvalue weighted by molar-refractivity contribution is -0.122.